The van der Waals surface area contributed by atoms with Crippen molar-refractivity contribution in [2.45, 2.75) is 12.8 Å². The Labute approximate surface area is 185 Å². The van der Waals surface area contributed by atoms with E-state index in [1.807, 2.05) is 84.9 Å². The molecule has 5 rings (SSSR count). The van der Waals surface area contributed by atoms with Gasteiger partial charge in [0.2, 0.25) is 17.6 Å². The SMILES string of the molecule is O=C(CCc1nc(-c2ccc(-c3ccccc3)cc2)no1)Nc1cccc2ccccc12. The van der Waals surface area contributed by atoms with Crippen molar-refractivity contribution in [1.82, 2.24) is 10.1 Å². The molecule has 0 saturated heterocycles. The van der Waals surface area contributed by atoms with Crippen LogP contribution in [0.1, 0.15) is 12.3 Å². The number of aryl methyl sites for hydroxylation is 1. The molecule has 0 fully saturated rings. The molecule has 32 heavy (non-hydrogen) atoms. The summed E-state index contributed by atoms with van der Waals surface area (Å²) < 4.78 is 5.36. The lowest BCUT2D eigenvalue weighted by Gasteiger charge is -2.08. The molecule has 0 aliphatic carbocycles. The van der Waals surface area contributed by atoms with Crippen molar-refractivity contribution in [2.24, 2.45) is 0 Å². The number of hydrogen-bond donors (Lipinski definition) is 1. The van der Waals surface area contributed by atoms with Crippen molar-refractivity contribution in [1.29, 1.82) is 0 Å². The average Bonchev–Trinajstić information content (AvgIpc) is 3.33. The van der Waals surface area contributed by atoms with Gasteiger partial charge in [-0.05, 0) is 22.6 Å². The fourth-order valence-electron chi connectivity index (χ4n) is 3.68. The van der Waals surface area contributed by atoms with Gasteiger partial charge >= 0.3 is 0 Å². The Hall–Kier alpha value is -4.25. The normalized spacial score (nSPS) is 10.9. The highest BCUT2D eigenvalue weighted by Crippen LogP contribution is 2.24. The van der Waals surface area contributed by atoms with Crippen molar-refractivity contribution >= 4 is 22.4 Å². The highest BCUT2D eigenvalue weighted by molar-refractivity contribution is 6.02. The molecule has 0 aliphatic heterocycles. The average molecular weight is 419 g/mol. The fourth-order valence-corrected chi connectivity index (χ4v) is 3.68. The summed E-state index contributed by atoms with van der Waals surface area (Å²) in [7, 11) is 0. The van der Waals surface area contributed by atoms with Crippen molar-refractivity contribution < 1.29 is 9.32 Å². The monoisotopic (exact) mass is 419 g/mol. The second-order valence-electron chi connectivity index (χ2n) is 7.53. The van der Waals surface area contributed by atoms with E-state index in [-0.39, 0.29) is 12.3 Å². The Bertz CT molecular complexity index is 1350. The van der Waals surface area contributed by atoms with Crippen LogP contribution < -0.4 is 5.32 Å². The first kappa shape index (κ1) is 19.7. The second kappa shape index (κ2) is 8.86. The Kier molecular flexibility index (Phi) is 5.45. The summed E-state index contributed by atoms with van der Waals surface area (Å²) in [6, 6.07) is 32.1. The number of amides is 1. The molecule has 0 aliphatic rings. The molecule has 0 radical (unpaired) electrons. The second-order valence-corrected chi connectivity index (χ2v) is 7.53. The molecule has 0 unspecified atom stereocenters. The van der Waals surface area contributed by atoms with Crippen LogP contribution >= 0.6 is 0 Å². The van der Waals surface area contributed by atoms with Gasteiger partial charge in [0.15, 0.2) is 0 Å². The van der Waals surface area contributed by atoms with Crippen LogP contribution in [0.25, 0.3) is 33.3 Å². The molecule has 0 atom stereocenters. The van der Waals surface area contributed by atoms with E-state index in [1.165, 1.54) is 0 Å². The quantitative estimate of drug-likeness (QED) is 0.360. The summed E-state index contributed by atoms with van der Waals surface area (Å²) in [6.45, 7) is 0. The molecule has 5 heteroatoms. The zero-order valence-corrected chi connectivity index (χ0v) is 17.4. The van der Waals surface area contributed by atoms with Crippen LogP contribution in [-0.4, -0.2) is 16.0 Å². The Balaban J connectivity index is 1.22. The third-order valence-electron chi connectivity index (χ3n) is 5.35. The molecule has 1 N–H and O–H groups in total. The lowest BCUT2D eigenvalue weighted by atomic mass is 10.0. The van der Waals surface area contributed by atoms with Gasteiger partial charge in [0.25, 0.3) is 0 Å². The van der Waals surface area contributed by atoms with Crippen molar-refractivity contribution in [3.05, 3.63) is 103 Å². The number of benzene rings is 4. The summed E-state index contributed by atoms with van der Waals surface area (Å²) in [5, 5.41) is 9.16. The molecule has 0 bridgehead atoms. The van der Waals surface area contributed by atoms with Crippen molar-refractivity contribution in [3.63, 3.8) is 0 Å². The summed E-state index contributed by atoms with van der Waals surface area (Å²) >= 11 is 0. The third kappa shape index (κ3) is 4.27. The number of carbonyl (C=O) groups excluding carboxylic acids is 1. The number of rotatable bonds is 6. The van der Waals surface area contributed by atoms with Gasteiger partial charge in [-0.25, -0.2) is 0 Å². The van der Waals surface area contributed by atoms with Gasteiger partial charge in [0.05, 0.1) is 0 Å². The molecule has 4 aromatic carbocycles. The van der Waals surface area contributed by atoms with E-state index in [1.54, 1.807) is 0 Å². The number of nitrogens with one attached hydrogen (secondary N) is 1. The third-order valence-corrected chi connectivity index (χ3v) is 5.35. The molecule has 5 nitrogen and oxygen atoms in total. The number of carbonyl (C=O) groups is 1. The summed E-state index contributed by atoms with van der Waals surface area (Å²) in [4.78, 5) is 16.9. The number of anilines is 1. The Morgan fingerprint density at radius 1 is 0.750 bits per heavy atom. The largest absolute Gasteiger partial charge is 0.339 e. The molecule has 1 amide bonds. The number of aromatic nitrogens is 2. The van der Waals surface area contributed by atoms with Gasteiger partial charge in [-0.3, -0.25) is 4.79 Å². The molecule has 1 heterocycles. The molecule has 0 saturated carbocycles. The van der Waals surface area contributed by atoms with Gasteiger partial charge in [-0.2, -0.15) is 4.98 Å². The maximum absolute atomic E-state index is 12.5. The molecule has 5 aromatic rings. The minimum Gasteiger partial charge on any atom is -0.339 e. The van der Waals surface area contributed by atoms with Gasteiger partial charge in [-0.1, -0.05) is 96.2 Å². The number of fused-ring (bicyclic) bond motifs is 1. The lowest BCUT2D eigenvalue weighted by molar-refractivity contribution is -0.116. The lowest BCUT2D eigenvalue weighted by Crippen LogP contribution is -2.12. The Morgan fingerprint density at radius 3 is 2.28 bits per heavy atom. The van der Waals surface area contributed by atoms with E-state index in [2.05, 4.69) is 27.6 Å². The molecular weight excluding hydrogens is 398 g/mol. The van der Waals surface area contributed by atoms with Crippen LogP contribution in [-0.2, 0) is 11.2 Å². The van der Waals surface area contributed by atoms with Crippen molar-refractivity contribution in [2.75, 3.05) is 5.32 Å². The standard InChI is InChI=1S/C27H21N3O2/c31-25(28-24-12-6-10-21-9-4-5-11-23(21)24)17-18-26-29-27(30-32-26)22-15-13-20(14-16-22)19-7-2-1-3-8-19/h1-16H,17-18H2,(H,28,31). The highest BCUT2D eigenvalue weighted by atomic mass is 16.5. The predicted molar refractivity (Wildman–Crippen MR) is 126 cm³/mol. The van der Waals surface area contributed by atoms with Gasteiger partial charge in [0.1, 0.15) is 0 Å². The molecular formula is C27H21N3O2. The van der Waals surface area contributed by atoms with Crippen LogP contribution in [0.3, 0.4) is 0 Å². The zero-order valence-electron chi connectivity index (χ0n) is 17.4. The topological polar surface area (TPSA) is 68.0 Å². The van der Waals surface area contributed by atoms with E-state index in [0.29, 0.717) is 18.1 Å². The molecule has 156 valence electrons. The van der Waals surface area contributed by atoms with Crippen molar-refractivity contribution in [3.8, 4) is 22.5 Å². The van der Waals surface area contributed by atoms with Crippen LogP contribution in [0, 0.1) is 0 Å². The summed E-state index contributed by atoms with van der Waals surface area (Å²) in [5.41, 5.74) is 3.96. The van der Waals surface area contributed by atoms with Gasteiger partial charge < -0.3 is 9.84 Å². The van der Waals surface area contributed by atoms with E-state index >= 15 is 0 Å². The fraction of sp³-hybridized carbons (Fsp3) is 0.0741. The van der Waals surface area contributed by atoms with Crippen LogP contribution in [0.2, 0.25) is 0 Å². The summed E-state index contributed by atoms with van der Waals surface area (Å²) in [5.74, 6) is 0.877. The maximum atomic E-state index is 12.5. The molecule has 0 spiro atoms. The van der Waals surface area contributed by atoms with E-state index in [9.17, 15) is 4.79 Å². The smallest absolute Gasteiger partial charge is 0.227 e. The van der Waals surface area contributed by atoms with E-state index in [0.717, 1.165) is 33.2 Å². The predicted octanol–water partition coefficient (Wildman–Crippen LogP) is 6.13. The first-order valence-corrected chi connectivity index (χ1v) is 10.5. The minimum atomic E-state index is -0.0895. The molecule has 1 aromatic heterocycles. The van der Waals surface area contributed by atoms with E-state index < -0.39 is 0 Å². The zero-order chi connectivity index (χ0) is 21.8. The van der Waals surface area contributed by atoms with Gasteiger partial charge in [-0.15, -0.1) is 0 Å². The van der Waals surface area contributed by atoms with Gasteiger partial charge in [0, 0.05) is 29.5 Å². The first-order valence-electron chi connectivity index (χ1n) is 10.5. The van der Waals surface area contributed by atoms with Crippen LogP contribution in [0.15, 0.2) is 102 Å². The van der Waals surface area contributed by atoms with Crippen LogP contribution in [0.5, 0.6) is 0 Å². The number of nitrogens with zero attached hydrogens (tertiary/aromatic N) is 2. The van der Waals surface area contributed by atoms with Crippen LogP contribution in [0.4, 0.5) is 5.69 Å². The minimum absolute atomic E-state index is 0.0895. The first-order chi connectivity index (χ1) is 15.8. The highest BCUT2D eigenvalue weighted by Gasteiger charge is 2.12. The Morgan fingerprint density at radius 2 is 1.44 bits per heavy atom. The van der Waals surface area contributed by atoms with E-state index in [4.69, 9.17) is 4.52 Å². The number of hydrogen-bond acceptors (Lipinski definition) is 4. The summed E-state index contributed by atoms with van der Waals surface area (Å²) in [6.07, 6.45) is 0.642. The maximum Gasteiger partial charge on any atom is 0.227 e.